The van der Waals surface area contributed by atoms with Crippen LogP contribution in [0.25, 0.3) is 0 Å². The van der Waals surface area contributed by atoms with Gasteiger partial charge in [-0.05, 0) is 55.7 Å². The molecule has 0 radical (unpaired) electrons. The highest BCUT2D eigenvalue weighted by Crippen LogP contribution is 2.35. The quantitative estimate of drug-likeness (QED) is 0.850. The zero-order valence-electron chi connectivity index (χ0n) is 15.6. The molecule has 1 atom stereocenters. The highest BCUT2D eigenvalue weighted by atomic mass is 16.5. The van der Waals surface area contributed by atoms with Crippen LogP contribution < -0.4 is 10.2 Å². The number of benzene rings is 2. The first-order chi connectivity index (χ1) is 12.5. The van der Waals surface area contributed by atoms with Crippen LogP contribution in [-0.4, -0.2) is 31.6 Å². The molecule has 5 heteroatoms. The van der Waals surface area contributed by atoms with Crippen molar-refractivity contribution in [2.45, 2.75) is 33.2 Å². The summed E-state index contributed by atoms with van der Waals surface area (Å²) in [5.74, 6) is -0.688. The van der Waals surface area contributed by atoms with Crippen molar-refractivity contribution in [2.75, 3.05) is 23.9 Å². The van der Waals surface area contributed by atoms with Crippen LogP contribution >= 0.6 is 0 Å². The number of carbonyl (C=O) groups excluding carboxylic acids is 2. The molecule has 3 rings (SSSR count). The van der Waals surface area contributed by atoms with Gasteiger partial charge >= 0.3 is 5.97 Å². The van der Waals surface area contributed by atoms with E-state index in [1.54, 1.807) is 29.2 Å². The lowest BCUT2D eigenvalue weighted by molar-refractivity contribution is 0.0597. The number of amides is 1. The number of nitrogens with zero attached hydrogens (tertiary/aromatic N) is 1. The van der Waals surface area contributed by atoms with E-state index in [0.717, 1.165) is 23.4 Å². The summed E-state index contributed by atoms with van der Waals surface area (Å²) in [6.45, 7) is 6.74. The molecule has 1 N–H and O–H groups in total. The Morgan fingerprint density at radius 3 is 2.46 bits per heavy atom. The number of aryl methyl sites for hydroxylation is 2. The molecule has 1 unspecified atom stereocenters. The number of carbonyl (C=O) groups is 2. The monoisotopic (exact) mass is 352 g/mol. The lowest BCUT2D eigenvalue weighted by atomic mass is 10.00. The Kier molecular flexibility index (Phi) is 4.98. The fourth-order valence-corrected chi connectivity index (χ4v) is 3.25. The predicted octanol–water partition coefficient (Wildman–Crippen LogP) is 3.94. The van der Waals surface area contributed by atoms with E-state index in [2.05, 4.69) is 25.2 Å². The average Bonchev–Trinajstić information content (AvgIpc) is 2.67. The van der Waals surface area contributed by atoms with Gasteiger partial charge in [0.2, 0.25) is 0 Å². The summed E-state index contributed by atoms with van der Waals surface area (Å²) < 4.78 is 4.84. The van der Waals surface area contributed by atoms with Gasteiger partial charge in [-0.1, -0.05) is 19.1 Å². The van der Waals surface area contributed by atoms with Crippen LogP contribution in [0.15, 0.2) is 36.4 Å². The average molecular weight is 352 g/mol. The van der Waals surface area contributed by atoms with Gasteiger partial charge < -0.3 is 15.0 Å². The SMILES string of the molecule is CCC1CN(C(=O)c2ccccc2C(=O)OC)c2cc(C)c(C)cc2N1. The first kappa shape index (κ1) is 18.0. The predicted molar refractivity (Wildman–Crippen MR) is 103 cm³/mol. The topological polar surface area (TPSA) is 58.6 Å². The number of rotatable bonds is 3. The Morgan fingerprint density at radius 2 is 1.81 bits per heavy atom. The van der Waals surface area contributed by atoms with Gasteiger partial charge in [-0.25, -0.2) is 4.79 Å². The largest absolute Gasteiger partial charge is 0.465 e. The van der Waals surface area contributed by atoms with Gasteiger partial charge in [0.05, 0.1) is 29.6 Å². The number of nitrogens with one attached hydrogen (secondary N) is 1. The smallest absolute Gasteiger partial charge is 0.338 e. The highest BCUT2D eigenvalue weighted by Gasteiger charge is 2.30. The fraction of sp³-hybridized carbons (Fsp3) is 0.333. The van der Waals surface area contributed by atoms with Crippen molar-refractivity contribution in [1.29, 1.82) is 0 Å². The van der Waals surface area contributed by atoms with Crippen molar-refractivity contribution in [3.63, 3.8) is 0 Å². The van der Waals surface area contributed by atoms with Crippen molar-refractivity contribution >= 4 is 23.3 Å². The molecule has 1 heterocycles. The minimum absolute atomic E-state index is 0.166. The van der Waals surface area contributed by atoms with Crippen molar-refractivity contribution in [1.82, 2.24) is 0 Å². The van der Waals surface area contributed by atoms with Gasteiger partial charge in [0, 0.05) is 12.6 Å². The van der Waals surface area contributed by atoms with Crippen LogP contribution in [0.2, 0.25) is 0 Å². The minimum Gasteiger partial charge on any atom is -0.465 e. The maximum absolute atomic E-state index is 13.4. The standard InChI is InChI=1S/C21H24N2O3/c1-5-15-12-23(19-11-14(3)13(2)10-18(19)22-15)20(24)16-8-6-7-9-17(16)21(25)26-4/h6-11,15,22H,5,12H2,1-4H3. The van der Waals surface area contributed by atoms with E-state index in [-0.39, 0.29) is 17.5 Å². The molecule has 26 heavy (non-hydrogen) atoms. The summed E-state index contributed by atoms with van der Waals surface area (Å²) in [6, 6.07) is 11.1. The van der Waals surface area contributed by atoms with Crippen LogP contribution in [0.4, 0.5) is 11.4 Å². The summed E-state index contributed by atoms with van der Waals surface area (Å²) in [7, 11) is 1.32. The van der Waals surface area contributed by atoms with E-state index in [9.17, 15) is 9.59 Å². The fourth-order valence-electron chi connectivity index (χ4n) is 3.25. The zero-order valence-corrected chi connectivity index (χ0v) is 15.6. The van der Waals surface area contributed by atoms with Gasteiger partial charge in [-0.3, -0.25) is 4.79 Å². The molecule has 1 aliphatic rings. The number of ether oxygens (including phenoxy) is 1. The molecule has 2 aromatic carbocycles. The van der Waals surface area contributed by atoms with E-state index in [1.807, 2.05) is 13.0 Å². The Labute approximate surface area is 154 Å². The molecule has 0 saturated heterocycles. The van der Waals surface area contributed by atoms with Crippen LogP contribution in [0.5, 0.6) is 0 Å². The van der Waals surface area contributed by atoms with E-state index in [4.69, 9.17) is 4.74 Å². The van der Waals surface area contributed by atoms with E-state index >= 15 is 0 Å². The van der Waals surface area contributed by atoms with Crippen molar-refractivity contribution in [2.24, 2.45) is 0 Å². The number of hydrogen-bond donors (Lipinski definition) is 1. The third-order valence-corrected chi connectivity index (χ3v) is 4.97. The lowest BCUT2D eigenvalue weighted by Crippen LogP contribution is -2.45. The van der Waals surface area contributed by atoms with Crippen LogP contribution in [0, 0.1) is 13.8 Å². The summed E-state index contributed by atoms with van der Waals surface area (Å²) in [4.78, 5) is 27.2. The highest BCUT2D eigenvalue weighted by molar-refractivity contribution is 6.13. The molecule has 0 aliphatic carbocycles. The molecule has 0 saturated carbocycles. The number of fused-ring (bicyclic) bond motifs is 1. The maximum Gasteiger partial charge on any atom is 0.338 e. The van der Waals surface area contributed by atoms with Crippen molar-refractivity contribution in [3.8, 4) is 0 Å². The number of esters is 1. The lowest BCUT2D eigenvalue weighted by Gasteiger charge is -2.36. The Hall–Kier alpha value is -2.82. The molecule has 136 valence electrons. The van der Waals surface area contributed by atoms with Gasteiger partial charge in [0.25, 0.3) is 5.91 Å². The van der Waals surface area contributed by atoms with Gasteiger partial charge in [0.15, 0.2) is 0 Å². The van der Waals surface area contributed by atoms with Crippen LogP contribution in [0.3, 0.4) is 0 Å². The van der Waals surface area contributed by atoms with Crippen molar-refractivity contribution < 1.29 is 14.3 Å². The van der Waals surface area contributed by atoms with E-state index in [0.29, 0.717) is 12.1 Å². The number of hydrogen-bond acceptors (Lipinski definition) is 4. The third kappa shape index (κ3) is 3.17. The molecule has 0 aromatic heterocycles. The summed E-state index contributed by atoms with van der Waals surface area (Å²) >= 11 is 0. The first-order valence-corrected chi connectivity index (χ1v) is 8.83. The van der Waals surface area contributed by atoms with Gasteiger partial charge in [-0.15, -0.1) is 0 Å². The maximum atomic E-state index is 13.4. The summed E-state index contributed by atoms with van der Waals surface area (Å²) in [5, 5.41) is 3.51. The van der Waals surface area contributed by atoms with Gasteiger partial charge in [0.1, 0.15) is 0 Å². The summed E-state index contributed by atoms with van der Waals surface area (Å²) in [6.07, 6.45) is 0.898. The molecule has 0 fully saturated rings. The second-order valence-electron chi connectivity index (χ2n) is 6.66. The Morgan fingerprint density at radius 1 is 1.15 bits per heavy atom. The first-order valence-electron chi connectivity index (χ1n) is 8.83. The second kappa shape index (κ2) is 7.20. The van der Waals surface area contributed by atoms with Crippen molar-refractivity contribution in [3.05, 3.63) is 58.7 Å². The number of anilines is 2. The molecular formula is C21H24N2O3. The molecule has 1 aliphatic heterocycles. The van der Waals surface area contributed by atoms with E-state index in [1.165, 1.54) is 12.7 Å². The zero-order chi connectivity index (χ0) is 18.8. The molecule has 5 nitrogen and oxygen atoms in total. The van der Waals surface area contributed by atoms with Crippen LogP contribution in [0.1, 0.15) is 45.2 Å². The Balaban J connectivity index is 2.08. The summed E-state index contributed by atoms with van der Waals surface area (Å²) in [5.41, 5.74) is 4.75. The third-order valence-electron chi connectivity index (χ3n) is 4.97. The minimum atomic E-state index is -0.503. The molecular weight excluding hydrogens is 328 g/mol. The molecule has 0 bridgehead atoms. The van der Waals surface area contributed by atoms with E-state index < -0.39 is 5.97 Å². The molecule has 2 aromatic rings. The molecule has 1 amide bonds. The second-order valence-corrected chi connectivity index (χ2v) is 6.66. The van der Waals surface area contributed by atoms with Crippen LogP contribution in [-0.2, 0) is 4.74 Å². The normalized spacial score (nSPS) is 15.8. The molecule has 0 spiro atoms. The van der Waals surface area contributed by atoms with Gasteiger partial charge in [-0.2, -0.15) is 0 Å². The Bertz CT molecular complexity index is 860. The number of methoxy groups -OCH3 is 1.